The molecule has 4 rings (SSSR count). The molecule has 0 radical (unpaired) electrons. The Hall–Kier alpha value is -4.41. The van der Waals surface area contributed by atoms with Crippen molar-refractivity contribution in [1.29, 1.82) is 5.41 Å². The van der Waals surface area contributed by atoms with Crippen molar-refractivity contribution in [3.8, 4) is 16.9 Å². The molecular weight excluding hydrogens is 502 g/mol. The number of rotatable bonds is 9. The number of likely N-dealkylation sites (tertiary alicyclic amines) is 1. The molecule has 39 heavy (non-hydrogen) atoms. The minimum Gasteiger partial charge on any atom is -0.491 e. The van der Waals surface area contributed by atoms with Gasteiger partial charge < -0.3 is 30.3 Å². The Balaban J connectivity index is 1.39. The highest BCUT2D eigenvalue weighted by molar-refractivity contribution is 5.95. The normalized spacial score (nSPS) is 19.2. The Morgan fingerprint density at radius 2 is 1.54 bits per heavy atom. The molecule has 2 fully saturated rings. The smallest absolute Gasteiger partial charge is 0.304 e. The average Bonchev–Trinajstić information content (AvgIpc) is 3.20. The Morgan fingerprint density at radius 3 is 2.08 bits per heavy atom. The van der Waals surface area contributed by atoms with Crippen LogP contribution in [-0.4, -0.2) is 94.7 Å². The van der Waals surface area contributed by atoms with E-state index in [-0.39, 0.29) is 49.6 Å². The van der Waals surface area contributed by atoms with Crippen LogP contribution < -0.4 is 10.5 Å². The second-order valence-corrected chi connectivity index (χ2v) is 9.86. The molecule has 11 heteroatoms. The highest BCUT2D eigenvalue weighted by Crippen LogP contribution is 2.29. The monoisotopic (exact) mass is 535 g/mol. The number of carboxylic acids is 1. The predicted molar refractivity (Wildman–Crippen MR) is 143 cm³/mol. The van der Waals surface area contributed by atoms with Crippen LogP contribution >= 0.6 is 0 Å². The van der Waals surface area contributed by atoms with Crippen molar-refractivity contribution < 1.29 is 29.0 Å². The van der Waals surface area contributed by atoms with Crippen molar-refractivity contribution in [2.24, 2.45) is 11.7 Å². The highest BCUT2D eigenvalue weighted by Gasteiger charge is 2.42. The summed E-state index contributed by atoms with van der Waals surface area (Å²) in [6.07, 6.45) is -0.00840. The third-order valence-electron chi connectivity index (χ3n) is 7.26. The van der Waals surface area contributed by atoms with E-state index in [2.05, 4.69) is 0 Å². The van der Waals surface area contributed by atoms with Gasteiger partial charge in [0.1, 0.15) is 24.7 Å². The molecule has 206 valence electrons. The summed E-state index contributed by atoms with van der Waals surface area (Å²) in [6.45, 7) is 3.14. The zero-order valence-electron chi connectivity index (χ0n) is 21.8. The first kappa shape index (κ1) is 27.6. The number of carbonyl (C=O) groups is 4. The zero-order valence-corrected chi connectivity index (χ0v) is 21.8. The Morgan fingerprint density at radius 1 is 0.974 bits per heavy atom. The van der Waals surface area contributed by atoms with Crippen molar-refractivity contribution >= 4 is 29.5 Å². The first-order chi connectivity index (χ1) is 18.6. The van der Waals surface area contributed by atoms with Crippen LogP contribution in [0.15, 0.2) is 48.5 Å². The molecule has 2 atom stereocenters. The summed E-state index contributed by atoms with van der Waals surface area (Å²) >= 11 is 0. The van der Waals surface area contributed by atoms with E-state index >= 15 is 0 Å². The first-order valence-electron chi connectivity index (χ1n) is 12.9. The fraction of sp³-hybridized carbons (Fsp3) is 0.393. The maximum absolute atomic E-state index is 13.1. The molecule has 0 unspecified atom stereocenters. The van der Waals surface area contributed by atoms with E-state index in [4.69, 9.17) is 15.9 Å². The molecule has 0 bridgehead atoms. The van der Waals surface area contributed by atoms with Crippen molar-refractivity contribution in [1.82, 2.24) is 14.7 Å². The number of hydrogen-bond donors (Lipinski definition) is 3. The molecule has 2 heterocycles. The molecule has 4 N–H and O–H groups in total. The van der Waals surface area contributed by atoms with Crippen LogP contribution in [0.1, 0.15) is 25.3 Å². The van der Waals surface area contributed by atoms with Gasteiger partial charge >= 0.3 is 5.97 Å². The van der Waals surface area contributed by atoms with Gasteiger partial charge in [-0.1, -0.05) is 36.4 Å². The van der Waals surface area contributed by atoms with E-state index in [1.54, 1.807) is 21.9 Å². The van der Waals surface area contributed by atoms with E-state index in [0.29, 0.717) is 37.5 Å². The van der Waals surface area contributed by atoms with Crippen molar-refractivity contribution in [3.63, 3.8) is 0 Å². The molecule has 3 amide bonds. The van der Waals surface area contributed by atoms with Gasteiger partial charge in [0.2, 0.25) is 17.7 Å². The summed E-state index contributed by atoms with van der Waals surface area (Å²) in [4.78, 5) is 53.7. The van der Waals surface area contributed by atoms with Gasteiger partial charge in [-0.3, -0.25) is 24.6 Å². The predicted octanol–water partition coefficient (Wildman–Crippen LogP) is 1.40. The number of piperazine rings is 1. The lowest BCUT2D eigenvalue weighted by Crippen LogP contribution is -2.53. The van der Waals surface area contributed by atoms with Gasteiger partial charge in [0, 0.05) is 38.7 Å². The Labute approximate surface area is 226 Å². The van der Waals surface area contributed by atoms with Gasteiger partial charge in [0.15, 0.2) is 0 Å². The standard InChI is InChI=1S/C28H33N5O6/c1-18(34)31-10-12-32(13-11-31)25(35)16-33-23(14-22(28(33)38)15-26(36)37)17-39-24-8-6-20(7-9-24)19-2-4-21(5-3-19)27(29)30/h2-9,22-23H,10-17H2,1H3,(H3,29,30)(H,36,37)/t22-,23-/m0/s1. The molecule has 2 aromatic rings. The molecule has 0 spiro atoms. The number of ether oxygens (including phenoxy) is 1. The number of benzene rings is 2. The van der Waals surface area contributed by atoms with E-state index in [1.807, 2.05) is 36.4 Å². The number of carboxylic acid groups (broad SMARTS) is 1. The number of hydrogen-bond acceptors (Lipinski definition) is 6. The summed E-state index contributed by atoms with van der Waals surface area (Å²) in [5.74, 6) is -1.80. The summed E-state index contributed by atoms with van der Waals surface area (Å²) in [5.41, 5.74) is 8.07. The summed E-state index contributed by atoms with van der Waals surface area (Å²) in [5, 5.41) is 16.8. The van der Waals surface area contributed by atoms with E-state index in [0.717, 1.165) is 11.1 Å². The lowest BCUT2D eigenvalue weighted by atomic mass is 10.0. The molecule has 2 aromatic carbocycles. The third kappa shape index (κ3) is 6.73. The van der Waals surface area contributed by atoms with Crippen LogP contribution in [0.3, 0.4) is 0 Å². The molecule has 2 aliphatic rings. The van der Waals surface area contributed by atoms with Crippen LogP contribution in [0.25, 0.3) is 11.1 Å². The largest absolute Gasteiger partial charge is 0.491 e. The van der Waals surface area contributed by atoms with Gasteiger partial charge in [0.25, 0.3) is 0 Å². The van der Waals surface area contributed by atoms with Crippen LogP contribution in [-0.2, 0) is 19.2 Å². The topological polar surface area (TPSA) is 157 Å². The molecular formula is C28H33N5O6. The quantitative estimate of drug-likeness (QED) is 0.323. The molecule has 11 nitrogen and oxygen atoms in total. The van der Waals surface area contributed by atoms with Gasteiger partial charge in [0.05, 0.1) is 18.4 Å². The lowest BCUT2D eigenvalue weighted by molar-refractivity contribution is -0.145. The maximum atomic E-state index is 13.1. The molecule has 0 saturated carbocycles. The van der Waals surface area contributed by atoms with Crippen LogP contribution in [0.5, 0.6) is 5.75 Å². The zero-order chi connectivity index (χ0) is 28.1. The van der Waals surface area contributed by atoms with Gasteiger partial charge in [-0.05, 0) is 29.7 Å². The van der Waals surface area contributed by atoms with E-state index < -0.39 is 17.9 Å². The van der Waals surface area contributed by atoms with Crippen LogP contribution in [0, 0.1) is 11.3 Å². The number of aliphatic carboxylic acids is 1. The molecule has 0 aromatic heterocycles. The van der Waals surface area contributed by atoms with Crippen LogP contribution in [0.4, 0.5) is 0 Å². The van der Waals surface area contributed by atoms with Gasteiger partial charge in [-0.15, -0.1) is 0 Å². The lowest BCUT2D eigenvalue weighted by Gasteiger charge is -2.35. The Bertz CT molecular complexity index is 1240. The van der Waals surface area contributed by atoms with Crippen molar-refractivity contribution in [3.05, 3.63) is 54.1 Å². The summed E-state index contributed by atoms with van der Waals surface area (Å²) in [7, 11) is 0. The van der Waals surface area contributed by atoms with E-state index in [9.17, 15) is 24.3 Å². The number of carbonyl (C=O) groups excluding carboxylic acids is 3. The number of nitrogens with one attached hydrogen (secondary N) is 1. The molecule has 2 saturated heterocycles. The fourth-order valence-corrected chi connectivity index (χ4v) is 5.01. The second-order valence-electron chi connectivity index (χ2n) is 9.86. The Kier molecular flexibility index (Phi) is 8.48. The number of nitrogens with two attached hydrogens (primary N) is 1. The average molecular weight is 536 g/mol. The minimum atomic E-state index is -1.06. The van der Waals surface area contributed by atoms with Crippen LogP contribution in [0.2, 0.25) is 0 Å². The summed E-state index contributed by atoms with van der Waals surface area (Å²) < 4.78 is 5.98. The fourth-order valence-electron chi connectivity index (χ4n) is 5.01. The third-order valence-corrected chi connectivity index (χ3v) is 7.26. The number of amidine groups is 1. The SMILES string of the molecule is CC(=O)N1CCN(C(=O)CN2C(=O)[C@H](CC(=O)O)C[C@H]2COc2ccc(-c3ccc(C(=N)N)cc3)cc2)CC1. The number of nitrogens with zero attached hydrogens (tertiary/aromatic N) is 3. The first-order valence-corrected chi connectivity index (χ1v) is 12.9. The summed E-state index contributed by atoms with van der Waals surface area (Å²) in [6, 6.07) is 14.3. The second kappa shape index (κ2) is 12.0. The molecule has 0 aliphatic carbocycles. The minimum absolute atomic E-state index is 0.00702. The van der Waals surface area contributed by atoms with Crippen molar-refractivity contribution in [2.75, 3.05) is 39.3 Å². The number of nitrogen functional groups attached to an aromatic ring is 1. The maximum Gasteiger partial charge on any atom is 0.304 e. The van der Waals surface area contributed by atoms with Crippen molar-refractivity contribution in [2.45, 2.75) is 25.8 Å². The van der Waals surface area contributed by atoms with Gasteiger partial charge in [-0.25, -0.2) is 0 Å². The number of amides is 3. The highest BCUT2D eigenvalue weighted by atomic mass is 16.5. The van der Waals surface area contributed by atoms with Gasteiger partial charge in [-0.2, -0.15) is 0 Å². The van der Waals surface area contributed by atoms with E-state index in [1.165, 1.54) is 11.8 Å². The molecule has 2 aliphatic heterocycles.